The second-order valence-corrected chi connectivity index (χ2v) is 8.17. The number of carbonyl (C=O) groups is 1. The number of amides is 1. The molecule has 1 fully saturated rings. The lowest BCUT2D eigenvalue weighted by molar-refractivity contribution is 0.102. The summed E-state index contributed by atoms with van der Waals surface area (Å²) in [7, 11) is 0. The Bertz CT molecular complexity index is 1030. The molecule has 0 spiro atoms. The van der Waals surface area contributed by atoms with E-state index in [1.807, 2.05) is 18.5 Å². The summed E-state index contributed by atoms with van der Waals surface area (Å²) in [5, 5.41) is 19.1. The first kappa shape index (κ1) is 18.4. The van der Waals surface area contributed by atoms with Crippen molar-refractivity contribution in [2.45, 2.75) is 45.2 Å². The molecule has 0 radical (unpaired) electrons. The van der Waals surface area contributed by atoms with E-state index in [2.05, 4.69) is 41.0 Å². The SMILES string of the molecule is CCn1cc(NC(=O)c2csc(C3CNNC3)n2)c(-c2nnc3n2CCCC3)n1. The van der Waals surface area contributed by atoms with E-state index >= 15 is 0 Å². The van der Waals surface area contributed by atoms with Crippen molar-refractivity contribution in [2.24, 2.45) is 0 Å². The first-order valence-corrected chi connectivity index (χ1v) is 10.8. The molecule has 0 saturated carbocycles. The Labute approximate surface area is 171 Å². The Morgan fingerprint density at radius 3 is 3.00 bits per heavy atom. The van der Waals surface area contributed by atoms with Gasteiger partial charge in [-0.3, -0.25) is 20.3 Å². The molecule has 0 aromatic carbocycles. The molecule has 0 aliphatic carbocycles. The van der Waals surface area contributed by atoms with E-state index in [1.165, 1.54) is 11.3 Å². The number of hydrazine groups is 1. The van der Waals surface area contributed by atoms with Gasteiger partial charge in [0.15, 0.2) is 11.5 Å². The molecule has 0 bridgehead atoms. The topological polar surface area (TPSA) is 115 Å². The monoisotopic (exact) mass is 413 g/mol. The second-order valence-electron chi connectivity index (χ2n) is 7.28. The van der Waals surface area contributed by atoms with Crippen molar-refractivity contribution in [2.75, 3.05) is 18.4 Å². The lowest BCUT2D eigenvalue weighted by Gasteiger charge is -2.14. The van der Waals surface area contributed by atoms with Gasteiger partial charge < -0.3 is 9.88 Å². The average molecular weight is 414 g/mol. The molecule has 3 N–H and O–H groups in total. The maximum absolute atomic E-state index is 12.9. The van der Waals surface area contributed by atoms with E-state index < -0.39 is 0 Å². The quantitative estimate of drug-likeness (QED) is 0.579. The molecule has 5 heterocycles. The molecule has 1 saturated heterocycles. The maximum Gasteiger partial charge on any atom is 0.275 e. The average Bonchev–Trinajstić information content (AvgIpc) is 3.53. The number of nitrogens with one attached hydrogen (secondary N) is 3. The van der Waals surface area contributed by atoms with Crippen LogP contribution in [0.1, 0.15) is 47.0 Å². The Hall–Kier alpha value is -2.63. The third-order valence-electron chi connectivity index (χ3n) is 5.33. The van der Waals surface area contributed by atoms with Gasteiger partial charge in [0.2, 0.25) is 0 Å². The molecule has 11 heteroatoms. The zero-order valence-corrected chi connectivity index (χ0v) is 17.0. The molecular weight excluding hydrogens is 390 g/mol. The molecule has 10 nitrogen and oxygen atoms in total. The summed E-state index contributed by atoms with van der Waals surface area (Å²) in [6.45, 7) is 5.23. The van der Waals surface area contributed by atoms with Gasteiger partial charge in [-0.25, -0.2) is 4.98 Å². The van der Waals surface area contributed by atoms with Gasteiger partial charge in [0, 0.05) is 50.1 Å². The van der Waals surface area contributed by atoms with Crippen molar-refractivity contribution in [3.63, 3.8) is 0 Å². The van der Waals surface area contributed by atoms with E-state index in [-0.39, 0.29) is 5.91 Å². The van der Waals surface area contributed by atoms with E-state index in [9.17, 15) is 4.79 Å². The highest BCUT2D eigenvalue weighted by Gasteiger charge is 2.25. The minimum atomic E-state index is -0.235. The van der Waals surface area contributed by atoms with Crippen LogP contribution in [0.3, 0.4) is 0 Å². The summed E-state index contributed by atoms with van der Waals surface area (Å²) >= 11 is 1.52. The highest BCUT2D eigenvalue weighted by molar-refractivity contribution is 7.10. The number of nitrogens with zero attached hydrogens (tertiary/aromatic N) is 6. The van der Waals surface area contributed by atoms with Crippen LogP contribution in [0.25, 0.3) is 11.5 Å². The van der Waals surface area contributed by atoms with Crippen molar-refractivity contribution in [1.29, 1.82) is 0 Å². The second kappa shape index (κ2) is 7.65. The largest absolute Gasteiger partial charge is 0.317 e. The number of hydrogen-bond acceptors (Lipinski definition) is 8. The minimum absolute atomic E-state index is 0.235. The van der Waals surface area contributed by atoms with Crippen LogP contribution in [-0.4, -0.2) is 48.5 Å². The number of thiazole rings is 1. The number of aryl methyl sites for hydroxylation is 2. The summed E-state index contributed by atoms with van der Waals surface area (Å²) in [5.74, 6) is 1.76. The number of rotatable bonds is 5. The zero-order chi connectivity index (χ0) is 19.8. The Kier molecular flexibility index (Phi) is 4.86. The van der Waals surface area contributed by atoms with E-state index in [0.717, 1.165) is 49.7 Å². The van der Waals surface area contributed by atoms with Gasteiger partial charge in [0.05, 0.1) is 10.7 Å². The van der Waals surface area contributed by atoms with E-state index in [1.54, 1.807) is 4.68 Å². The fraction of sp³-hybridized carbons (Fsp3) is 0.500. The molecule has 3 aromatic rings. The van der Waals surface area contributed by atoms with Crippen molar-refractivity contribution in [1.82, 2.24) is 40.4 Å². The van der Waals surface area contributed by atoms with Gasteiger partial charge in [-0.15, -0.1) is 21.5 Å². The molecule has 1 amide bonds. The van der Waals surface area contributed by atoms with Gasteiger partial charge in [0.1, 0.15) is 11.5 Å². The molecule has 0 unspecified atom stereocenters. The summed E-state index contributed by atoms with van der Waals surface area (Å²) in [6, 6.07) is 0. The maximum atomic E-state index is 12.9. The number of carbonyl (C=O) groups excluding carboxylic acids is 1. The van der Waals surface area contributed by atoms with Crippen LogP contribution in [0.4, 0.5) is 5.69 Å². The standard InChI is InChI=1S/C18H23N9OS/c1-2-26-9-12(15(25-26)16-24-23-14-5-3-4-6-27(14)16)21-17(28)13-10-29-18(22-13)11-7-19-20-8-11/h9-11,19-20H,2-8H2,1H3,(H,21,28). The predicted octanol–water partition coefficient (Wildman–Crippen LogP) is 1.40. The summed E-state index contributed by atoms with van der Waals surface area (Å²) < 4.78 is 3.92. The summed E-state index contributed by atoms with van der Waals surface area (Å²) in [4.78, 5) is 17.4. The molecule has 3 aromatic heterocycles. The number of aromatic nitrogens is 6. The van der Waals surface area contributed by atoms with Gasteiger partial charge >= 0.3 is 0 Å². The minimum Gasteiger partial charge on any atom is -0.317 e. The Morgan fingerprint density at radius 2 is 2.17 bits per heavy atom. The van der Waals surface area contributed by atoms with Crippen LogP contribution in [0.2, 0.25) is 0 Å². The molecule has 29 heavy (non-hydrogen) atoms. The van der Waals surface area contributed by atoms with Crippen LogP contribution >= 0.6 is 11.3 Å². The fourth-order valence-corrected chi connectivity index (χ4v) is 4.63. The first-order valence-electron chi connectivity index (χ1n) is 9.95. The molecule has 152 valence electrons. The van der Waals surface area contributed by atoms with E-state index in [0.29, 0.717) is 35.4 Å². The number of anilines is 1. The Morgan fingerprint density at radius 1 is 1.31 bits per heavy atom. The van der Waals surface area contributed by atoms with Crippen molar-refractivity contribution in [3.8, 4) is 11.5 Å². The molecular formula is C18H23N9OS. The van der Waals surface area contributed by atoms with Crippen molar-refractivity contribution >= 4 is 22.9 Å². The van der Waals surface area contributed by atoms with Crippen LogP contribution < -0.4 is 16.2 Å². The number of hydrogen-bond donors (Lipinski definition) is 3. The molecule has 2 aliphatic heterocycles. The fourth-order valence-electron chi connectivity index (χ4n) is 3.73. The smallest absolute Gasteiger partial charge is 0.275 e. The predicted molar refractivity (Wildman–Crippen MR) is 109 cm³/mol. The Balaban J connectivity index is 1.42. The van der Waals surface area contributed by atoms with Gasteiger partial charge in [0.25, 0.3) is 5.91 Å². The third-order valence-corrected chi connectivity index (χ3v) is 6.34. The third kappa shape index (κ3) is 3.45. The highest BCUT2D eigenvalue weighted by Crippen LogP contribution is 2.29. The lowest BCUT2D eigenvalue weighted by Crippen LogP contribution is -2.21. The van der Waals surface area contributed by atoms with Crippen molar-refractivity contribution in [3.05, 3.63) is 28.1 Å². The summed E-state index contributed by atoms with van der Waals surface area (Å²) in [6.07, 6.45) is 5.00. The molecule has 2 aliphatic rings. The van der Waals surface area contributed by atoms with Gasteiger partial charge in [-0.05, 0) is 19.8 Å². The van der Waals surface area contributed by atoms with E-state index in [4.69, 9.17) is 0 Å². The van der Waals surface area contributed by atoms with Crippen LogP contribution in [0.5, 0.6) is 0 Å². The molecule has 0 atom stereocenters. The first-order chi connectivity index (χ1) is 14.2. The highest BCUT2D eigenvalue weighted by atomic mass is 32.1. The van der Waals surface area contributed by atoms with Crippen LogP contribution in [0.15, 0.2) is 11.6 Å². The van der Waals surface area contributed by atoms with Crippen LogP contribution in [-0.2, 0) is 19.5 Å². The normalized spacial score (nSPS) is 16.9. The van der Waals surface area contributed by atoms with Crippen molar-refractivity contribution < 1.29 is 4.79 Å². The summed E-state index contributed by atoms with van der Waals surface area (Å²) in [5.41, 5.74) is 7.91. The molecule has 5 rings (SSSR count). The number of fused-ring (bicyclic) bond motifs is 1. The lowest BCUT2D eigenvalue weighted by atomic mass is 10.1. The zero-order valence-electron chi connectivity index (χ0n) is 16.2. The van der Waals surface area contributed by atoms with Crippen LogP contribution in [0, 0.1) is 0 Å². The van der Waals surface area contributed by atoms with Gasteiger partial charge in [-0.2, -0.15) is 5.10 Å². The van der Waals surface area contributed by atoms with Gasteiger partial charge in [-0.1, -0.05) is 0 Å².